The van der Waals surface area contributed by atoms with Crippen LogP contribution in [-0.2, 0) is 4.79 Å². The van der Waals surface area contributed by atoms with Gasteiger partial charge >= 0.3 is 5.97 Å². The lowest BCUT2D eigenvalue weighted by molar-refractivity contribution is -0.137. The van der Waals surface area contributed by atoms with Crippen molar-refractivity contribution in [3.63, 3.8) is 0 Å². The Bertz CT molecular complexity index is 224. The van der Waals surface area contributed by atoms with Crippen LogP contribution < -0.4 is 5.73 Å². The number of hydrogen-bond acceptors (Lipinski definition) is 2. The summed E-state index contributed by atoms with van der Waals surface area (Å²) in [6.07, 6.45) is 10.3. The second kappa shape index (κ2) is 7.70. The predicted molar refractivity (Wildman–Crippen MR) is 69.8 cm³/mol. The maximum Gasteiger partial charge on any atom is 0.304 e. The fourth-order valence-corrected chi connectivity index (χ4v) is 2.79. The Balaban J connectivity index is 2.03. The molecule has 100 valence electrons. The molecule has 2 atom stereocenters. The predicted octanol–water partition coefficient (Wildman–Crippen LogP) is 3.18. The van der Waals surface area contributed by atoms with Gasteiger partial charge in [-0.05, 0) is 24.7 Å². The van der Waals surface area contributed by atoms with Gasteiger partial charge in [-0.15, -0.1) is 0 Å². The molecule has 0 spiro atoms. The number of carbonyl (C=O) groups is 1. The molecular formula is C14H27NO2. The van der Waals surface area contributed by atoms with Crippen LogP contribution >= 0.6 is 0 Å². The standard InChI is InChI=1S/C14H27NO2/c1-11(6-8-12-4-2-3-5-12)7-9-13(15)10-14(16)17/h11-13H,2-10,15H2,1H3,(H,16,17)/t11-,13-/m0/s1. The van der Waals surface area contributed by atoms with Crippen molar-refractivity contribution in [3.05, 3.63) is 0 Å². The molecular weight excluding hydrogens is 214 g/mol. The van der Waals surface area contributed by atoms with Crippen molar-refractivity contribution in [2.75, 3.05) is 0 Å². The molecule has 0 radical (unpaired) electrons. The number of aliphatic carboxylic acids is 1. The number of hydrogen-bond donors (Lipinski definition) is 2. The highest BCUT2D eigenvalue weighted by Gasteiger charge is 2.16. The Kier molecular flexibility index (Phi) is 6.56. The van der Waals surface area contributed by atoms with E-state index in [9.17, 15) is 4.79 Å². The van der Waals surface area contributed by atoms with Gasteiger partial charge in [-0.2, -0.15) is 0 Å². The van der Waals surface area contributed by atoms with Gasteiger partial charge in [-0.1, -0.05) is 45.4 Å². The van der Waals surface area contributed by atoms with Crippen LogP contribution in [0.5, 0.6) is 0 Å². The summed E-state index contributed by atoms with van der Waals surface area (Å²) in [5.74, 6) is 0.872. The number of carboxylic acid groups (broad SMARTS) is 1. The third-order valence-electron chi connectivity index (χ3n) is 4.01. The second-order valence-corrected chi connectivity index (χ2v) is 5.77. The van der Waals surface area contributed by atoms with Crippen LogP contribution in [0.1, 0.15) is 64.7 Å². The highest BCUT2D eigenvalue weighted by atomic mass is 16.4. The molecule has 0 aromatic heterocycles. The van der Waals surface area contributed by atoms with E-state index in [-0.39, 0.29) is 12.5 Å². The molecule has 0 amide bonds. The lowest BCUT2D eigenvalue weighted by Crippen LogP contribution is -2.24. The Morgan fingerprint density at radius 1 is 1.29 bits per heavy atom. The fourth-order valence-electron chi connectivity index (χ4n) is 2.79. The molecule has 0 unspecified atom stereocenters. The van der Waals surface area contributed by atoms with Gasteiger partial charge in [0.2, 0.25) is 0 Å². The molecule has 1 aliphatic carbocycles. The van der Waals surface area contributed by atoms with Gasteiger partial charge in [0.1, 0.15) is 0 Å². The number of rotatable bonds is 8. The van der Waals surface area contributed by atoms with Crippen LogP contribution in [0.25, 0.3) is 0 Å². The van der Waals surface area contributed by atoms with Crippen molar-refractivity contribution >= 4 is 5.97 Å². The molecule has 1 rings (SSSR count). The minimum Gasteiger partial charge on any atom is -0.481 e. The summed E-state index contributed by atoms with van der Waals surface area (Å²) >= 11 is 0. The van der Waals surface area contributed by atoms with Crippen molar-refractivity contribution in [2.45, 2.75) is 70.8 Å². The smallest absolute Gasteiger partial charge is 0.304 e. The van der Waals surface area contributed by atoms with Crippen molar-refractivity contribution in [1.29, 1.82) is 0 Å². The van der Waals surface area contributed by atoms with Gasteiger partial charge in [0, 0.05) is 6.04 Å². The first-order valence-electron chi connectivity index (χ1n) is 7.05. The molecule has 3 N–H and O–H groups in total. The highest BCUT2D eigenvalue weighted by Crippen LogP contribution is 2.30. The maximum absolute atomic E-state index is 10.5. The van der Waals surface area contributed by atoms with Gasteiger partial charge in [-0.25, -0.2) is 0 Å². The molecule has 0 aromatic rings. The fraction of sp³-hybridized carbons (Fsp3) is 0.929. The van der Waals surface area contributed by atoms with Gasteiger partial charge in [-0.3, -0.25) is 4.79 Å². The van der Waals surface area contributed by atoms with Crippen molar-refractivity contribution in [1.82, 2.24) is 0 Å². The molecule has 0 heterocycles. The zero-order chi connectivity index (χ0) is 12.7. The summed E-state index contributed by atoms with van der Waals surface area (Å²) < 4.78 is 0. The molecule has 3 nitrogen and oxygen atoms in total. The molecule has 1 aliphatic rings. The molecule has 3 heteroatoms. The molecule has 0 bridgehead atoms. The molecule has 0 aliphatic heterocycles. The number of carboxylic acids is 1. The SMILES string of the molecule is C[C@@H](CCC1CCCC1)CC[C@H](N)CC(=O)O. The van der Waals surface area contributed by atoms with E-state index in [0.29, 0.717) is 5.92 Å². The Morgan fingerprint density at radius 3 is 2.53 bits per heavy atom. The normalized spacial score (nSPS) is 20.4. The summed E-state index contributed by atoms with van der Waals surface area (Å²) in [5.41, 5.74) is 5.76. The van der Waals surface area contributed by atoms with Crippen molar-refractivity contribution in [2.24, 2.45) is 17.6 Å². The molecule has 1 saturated carbocycles. The summed E-state index contributed by atoms with van der Waals surface area (Å²) in [6, 6.07) is -0.165. The van der Waals surface area contributed by atoms with Crippen LogP contribution in [0.4, 0.5) is 0 Å². The van der Waals surface area contributed by atoms with E-state index in [1.165, 1.54) is 38.5 Å². The third-order valence-corrected chi connectivity index (χ3v) is 4.01. The lowest BCUT2D eigenvalue weighted by Gasteiger charge is -2.16. The minimum absolute atomic E-state index is 0.106. The lowest BCUT2D eigenvalue weighted by atomic mass is 9.91. The average molecular weight is 241 g/mol. The summed E-state index contributed by atoms with van der Waals surface area (Å²) in [6.45, 7) is 2.27. The van der Waals surface area contributed by atoms with Crippen LogP contribution in [0, 0.1) is 11.8 Å². The Labute approximate surface area is 105 Å². The number of nitrogens with two attached hydrogens (primary N) is 1. The monoisotopic (exact) mass is 241 g/mol. The van der Waals surface area contributed by atoms with Crippen LogP contribution in [0.15, 0.2) is 0 Å². The van der Waals surface area contributed by atoms with Gasteiger partial charge < -0.3 is 10.8 Å². The summed E-state index contributed by atoms with van der Waals surface area (Å²) in [7, 11) is 0. The molecule has 17 heavy (non-hydrogen) atoms. The second-order valence-electron chi connectivity index (χ2n) is 5.77. The topological polar surface area (TPSA) is 63.3 Å². The van der Waals surface area contributed by atoms with Gasteiger partial charge in [0.25, 0.3) is 0 Å². The first kappa shape index (κ1) is 14.5. The first-order chi connectivity index (χ1) is 8.08. The van der Waals surface area contributed by atoms with Crippen LogP contribution in [0.3, 0.4) is 0 Å². The van der Waals surface area contributed by atoms with E-state index >= 15 is 0 Å². The zero-order valence-electron chi connectivity index (χ0n) is 11.0. The first-order valence-corrected chi connectivity index (χ1v) is 7.05. The van der Waals surface area contributed by atoms with E-state index in [0.717, 1.165) is 18.8 Å². The zero-order valence-corrected chi connectivity index (χ0v) is 11.0. The van der Waals surface area contributed by atoms with Gasteiger partial charge in [0.15, 0.2) is 0 Å². The molecule has 0 aromatic carbocycles. The van der Waals surface area contributed by atoms with Gasteiger partial charge in [0.05, 0.1) is 6.42 Å². The van der Waals surface area contributed by atoms with Crippen LogP contribution in [-0.4, -0.2) is 17.1 Å². The maximum atomic E-state index is 10.5. The van der Waals surface area contributed by atoms with Crippen molar-refractivity contribution in [3.8, 4) is 0 Å². The van der Waals surface area contributed by atoms with Crippen molar-refractivity contribution < 1.29 is 9.90 Å². The van der Waals surface area contributed by atoms with Crippen LogP contribution in [0.2, 0.25) is 0 Å². The summed E-state index contributed by atoms with van der Waals surface area (Å²) in [5, 5.41) is 8.62. The summed E-state index contributed by atoms with van der Waals surface area (Å²) in [4.78, 5) is 10.5. The van der Waals surface area contributed by atoms with E-state index in [4.69, 9.17) is 10.8 Å². The van der Waals surface area contributed by atoms with E-state index in [1.54, 1.807) is 0 Å². The van der Waals surface area contributed by atoms with E-state index in [1.807, 2.05) is 0 Å². The average Bonchev–Trinajstić information content (AvgIpc) is 2.75. The van der Waals surface area contributed by atoms with E-state index < -0.39 is 5.97 Å². The third kappa shape index (κ3) is 6.67. The molecule has 0 saturated heterocycles. The Morgan fingerprint density at radius 2 is 1.94 bits per heavy atom. The largest absolute Gasteiger partial charge is 0.481 e. The molecule has 1 fully saturated rings. The Hall–Kier alpha value is -0.570. The van der Waals surface area contributed by atoms with E-state index in [2.05, 4.69) is 6.92 Å². The minimum atomic E-state index is -0.781. The highest BCUT2D eigenvalue weighted by molar-refractivity contribution is 5.67. The quantitative estimate of drug-likeness (QED) is 0.686.